The predicted molar refractivity (Wildman–Crippen MR) is 94.5 cm³/mol. The van der Waals surface area contributed by atoms with E-state index in [-0.39, 0.29) is 19.3 Å². The quantitative estimate of drug-likeness (QED) is 0.509. The van der Waals surface area contributed by atoms with Crippen LogP contribution in [-0.2, 0) is 19.0 Å². The lowest BCUT2D eigenvalue weighted by Gasteiger charge is -2.32. The molecule has 0 spiro atoms. The summed E-state index contributed by atoms with van der Waals surface area (Å²) >= 11 is 0. The molecule has 0 saturated carbocycles. The van der Waals surface area contributed by atoms with Gasteiger partial charge in [0.1, 0.15) is 17.2 Å². The minimum Gasteiger partial charge on any atom is -0.467 e. The van der Waals surface area contributed by atoms with Crippen molar-refractivity contribution < 1.29 is 33.0 Å². The van der Waals surface area contributed by atoms with Crippen molar-refractivity contribution in [2.24, 2.45) is 0 Å². The number of amides is 2. The number of alkyl halides is 1. The highest BCUT2D eigenvalue weighted by molar-refractivity contribution is 5.94. The van der Waals surface area contributed by atoms with E-state index in [0.29, 0.717) is 4.90 Å². The fourth-order valence-corrected chi connectivity index (χ4v) is 1.98. The zero-order chi connectivity index (χ0) is 20.7. The number of methoxy groups -OCH3 is 1. The molecule has 0 bridgehead atoms. The topological polar surface area (TPSA) is 82.1 Å². The molecule has 26 heavy (non-hydrogen) atoms. The van der Waals surface area contributed by atoms with Crippen molar-refractivity contribution in [1.29, 1.82) is 0 Å². The summed E-state index contributed by atoms with van der Waals surface area (Å²) in [7, 11) is 1.13. The SMILES string of the molecule is CCC(F)CC[C@@H](C(=O)OC)N(C(=O)OC(C)(C)C)C(=O)OC(C)(C)C. The molecule has 0 aromatic rings. The first kappa shape index (κ1) is 24.1. The normalized spacial score (nSPS) is 14.2. The molecule has 7 nitrogen and oxygen atoms in total. The molecular formula is C18H32FNO6. The number of ether oxygens (including phenoxy) is 3. The Bertz CT molecular complexity index is 467. The Morgan fingerprint density at radius 1 is 0.923 bits per heavy atom. The van der Waals surface area contributed by atoms with Crippen molar-refractivity contribution >= 4 is 18.2 Å². The molecule has 0 aliphatic rings. The Kier molecular flexibility index (Phi) is 9.04. The highest BCUT2D eigenvalue weighted by atomic mass is 19.1. The molecule has 0 heterocycles. The molecule has 0 rings (SSSR count). The highest BCUT2D eigenvalue weighted by Gasteiger charge is 2.40. The molecule has 1 unspecified atom stereocenters. The van der Waals surface area contributed by atoms with Crippen LogP contribution in [0.15, 0.2) is 0 Å². The van der Waals surface area contributed by atoms with Gasteiger partial charge in [0, 0.05) is 0 Å². The van der Waals surface area contributed by atoms with Crippen LogP contribution in [0.25, 0.3) is 0 Å². The van der Waals surface area contributed by atoms with Crippen LogP contribution in [0.5, 0.6) is 0 Å². The molecule has 0 radical (unpaired) electrons. The minimum absolute atomic E-state index is 0.0155. The lowest BCUT2D eigenvalue weighted by molar-refractivity contribution is -0.147. The zero-order valence-corrected chi connectivity index (χ0v) is 17.1. The third-order valence-corrected chi connectivity index (χ3v) is 3.16. The Hall–Kier alpha value is -1.86. The number of halogens is 1. The van der Waals surface area contributed by atoms with Crippen LogP contribution in [0.1, 0.15) is 67.7 Å². The number of imide groups is 1. The predicted octanol–water partition coefficient (Wildman–Crippen LogP) is 4.23. The second-order valence-corrected chi connectivity index (χ2v) is 7.95. The Balaban J connectivity index is 5.73. The van der Waals surface area contributed by atoms with Crippen molar-refractivity contribution in [3.05, 3.63) is 0 Å². The molecule has 152 valence electrons. The van der Waals surface area contributed by atoms with Gasteiger partial charge in [0.2, 0.25) is 0 Å². The van der Waals surface area contributed by atoms with Gasteiger partial charge in [0.25, 0.3) is 0 Å². The van der Waals surface area contributed by atoms with Gasteiger partial charge in [-0.1, -0.05) is 6.92 Å². The number of carbonyl (C=O) groups excluding carboxylic acids is 3. The first-order valence-corrected chi connectivity index (χ1v) is 8.69. The van der Waals surface area contributed by atoms with Gasteiger partial charge >= 0.3 is 18.2 Å². The fraction of sp³-hybridized carbons (Fsp3) is 0.833. The van der Waals surface area contributed by atoms with Gasteiger partial charge in [0.15, 0.2) is 0 Å². The monoisotopic (exact) mass is 377 g/mol. The molecule has 0 N–H and O–H groups in total. The summed E-state index contributed by atoms with van der Waals surface area (Å²) in [6, 6.07) is -1.34. The third-order valence-electron chi connectivity index (χ3n) is 3.16. The molecule has 2 amide bonds. The van der Waals surface area contributed by atoms with Crippen LogP contribution in [-0.4, -0.2) is 53.6 Å². The lowest BCUT2D eigenvalue weighted by Crippen LogP contribution is -2.52. The molecule has 0 aliphatic heterocycles. The van der Waals surface area contributed by atoms with E-state index in [1.54, 1.807) is 48.5 Å². The summed E-state index contributed by atoms with van der Waals surface area (Å²) < 4.78 is 28.8. The Morgan fingerprint density at radius 2 is 1.35 bits per heavy atom. The van der Waals surface area contributed by atoms with Gasteiger partial charge in [0.05, 0.1) is 13.3 Å². The molecule has 0 aromatic heterocycles. The van der Waals surface area contributed by atoms with E-state index >= 15 is 0 Å². The molecule has 8 heteroatoms. The Morgan fingerprint density at radius 3 is 1.65 bits per heavy atom. The van der Waals surface area contributed by atoms with Crippen molar-refractivity contribution in [3.63, 3.8) is 0 Å². The average molecular weight is 377 g/mol. The van der Waals surface area contributed by atoms with Crippen LogP contribution in [0.2, 0.25) is 0 Å². The van der Waals surface area contributed by atoms with Crippen LogP contribution >= 0.6 is 0 Å². The van der Waals surface area contributed by atoms with Crippen molar-refractivity contribution in [2.75, 3.05) is 7.11 Å². The number of hydrogen-bond acceptors (Lipinski definition) is 6. The minimum atomic E-state index is -1.34. The third kappa shape index (κ3) is 9.01. The van der Waals surface area contributed by atoms with E-state index in [2.05, 4.69) is 0 Å². The summed E-state index contributed by atoms with van der Waals surface area (Å²) in [6.45, 7) is 11.4. The van der Waals surface area contributed by atoms with E-state index in [4.69, 9.17) is 14.2 Å². The smallest absolute Gasteiger partial charge is 0.420 e. The first-order chi connectivity index (χ1) is 11.7. The van der Waals surface area contributed by atoms with Crippen LogP contribution in [0, 0.1) is 0 Å². The molecular weight excluding hydrogens is 345 g/mol. The van der Waals surface area contributed by atoms with Gasteiger partial charge in [-0.05, 0) is 60.8 Å². The van der Waals surface area contributed by atoms with Crippen molar-refractivity contribution in [1.82, 2.24) is 4.90 Å². The van der Waals surface area contributed by atoms with Crippen molar-refractivity contribution in [3.8, 4) is 0 Å². The number of nitrogens with zero attached hydrogens (tertiary/aromatic N) is 1. The highest BCUT2D eigenvalue weighted by Crippen LogP contribution is 2.21. The van der Waals surface area contributed by atoms with Gasteiger partial charge < -0.3 is 14.2 Å². The maximum atomic E-state index is 13.7. The van der Waals surface area contributed by atoms with Crippen molar-refractivity contribution in [2.45, 2.75) is 91.1 Å². The summed E-state index contributed by atoms with van der Waals surface area (Å²) in [4.78, 5) is 37.9. The summed E-state index contributed by atoms with van der Waals surface area (Å²) in [5.41, 5.74) is -1.80. The molecule has 0 fully saturated rings. The molecule has 0 aliphatic carbocycles. The maximum Gasteiger partial charge on any atom is 0.420 e. The second-order valence-electron chi connectivity index (χ2n) is 7.95. The zero-order valence-electron chi connectivity index (χ0n) is 17.1. The second kappa shape index (κ2) is 9.73. The standard InChI is InChI=1S/C18H32FNO6/c1-9-12(19)10-11-13(14(21)24-8)20(15(22)25-17(2,3)4)16(23)26-18(5,6)7/h12-13H,9-11H2,1-8H3/t12?,13-/m0/s1. The summed E-state index contributed by atoms with van der Waals surface area (Å²) in [5, 5.41) is 0. The fourth-order valence-electron chi connectivity index (χ4n) is 1.98. The summed E-state index contributed by atoms with van der Waals surface area (Å²) in [5.74, 6) is -0.843. The van der Waals surface area contributed by atoms with Gasteiger partial charge in [-0.3, -0.25) is 0 Å². The summed E-state index contributed by atoms with van der Waals surface area (Å²) in [6.07, 6.45) is -3.12. The lowest BCUT2D eigenvalue weighted by atomic mass is 10.1. The van der Waals surface area contributed by atoms with Crippen LogP contribution in [0.4, 0.5) is 14.0 Å². The van der Waals surface area contributed by atoms with E-state index in [1.165, 1.54) is 0 Å². The van der Waals surface area contributed by atoms with Gasteiger partial charge in [-0.25, -0.2) is 18.8 Å². The van der Waals surface area contributed by atoms with E-state index < -0.39 is 41.6 Å². The number of hydrogen-bond donors (Lipinski definition) is 0. The molecule has 0 saturated heterocycles. The van der Waals surface area contributed by atoms with Gasteiger partial charge in [-0.15, -0.1) is 0 Å². The molecule has 0 aromatic carbocycles. The number of rotatable bonds is 6. The number of esters is 1. The van der Waals surface area contributed by atoms with E-state index in [9.17, 15) is 18.8 Å². The number of carbonyl (C=O) groups is 3. The molecule has 2 atom stereocenters. The van der Waals surface area contributed by atoms with E-state index in [0.717, 1.165) is 7.11 Å². The van der Waals surface area contributed by atoms with E-state index in [1.807, 2.05) is 0 Å². The Labute approximate surface area is 155 Å². The largest absolute Gasteiger partial charge is 0.467 e. The maximum absolute atomic E-state index is 13.7. The van der Waals surface area contributed by atoms with Crippen LogP contribution in [0.3, 0.4) is 0 Å². The van der Waals surface area contributed by atoms with Crippen LogP contribution < -0.4 is 0 Å². The average Bonchev–Trinajstić information content (AvgIpc) is 2.46. The van der Waals surface area contributed by atoms with Gasteiger partial charge in [-0.2, -0.15) is 4.90 Å². The first-order valence-electron chi connectivity index (χ1n) is 8.69.